The van der Waals surface area contributed by atoms with Gasteiger partial charge in [-0.3, -0.25) is 0 Å². The van der Waals surface area contributed by atoms with Crippen LogP contribution in [0.2, 0.25) is 0 Å². The van der Waals surface area contributed by atoms with Crippen molar-refractivity contribution in [2.75, 3.05) is 25.0 Å². The van der Waals surface area contributed by atoms with Crippen LogP contribution in [0.4, 0.5) is 11.5 Å². The third-order valence-corrected chi connectivity index (χ3v) is 3.94. The number of hydrogen-bond donors (Lipinski definition) is 1. The van der Waals surface area contributed by atoms with Gasteiger partial charge in [0.15, 0.2) is 6.20 Å². The van der Waals surface area contributed by atoms with Gasteiger partial charge in [-0.15, -0.1) is 0 Å². The van der Waals surface area contributed by atoms with Gasteiger partial charge >= 0.3 is 5.82 Å². The van der Waals surface area contributed by atoms with Crippen molar-refractivity contribution in [1.82, 2.24) is 9.88 Å². The molecule has 3 aliphatic rings. The zero-order chi connectivity index (χ0) is 12.5. The molecule has 0 spiro atoms. The van der Waals surface area contributed by atoms with Crippen LogP contribution in [0, 0.1) is 16.0 Å². The third-order valence-electron chi connectivity index (χ3n) is 3.94. The summed E-state index contributed by atoms with van der Waals surface area (Å²) in [5, 5.41) is 14.0. The van der Waals surface area contributed by atoms with Gasteiger partial charge in [0.05, 0.1) is 5.69 Å². The highest BCUT2D eigenvalue weighted by molar-refractivity contribution is 5.44. The maximum Gasteiger partial charge on any atom is 0.363 e. The quantitative estimate of drug-likeness (QED) is 0.648. The Morgan fingerprint density at radius 2 is 2.17 bits per heavy atom. The topological polar surface area (TPSA) is 71.3 Å². The molecule has 1 unspecified atom stereocenters. The zero-order valence-corrected chi connectivity index (χ0v) is 10.1. The van der Waals surface area contributed by atoms with E-state index in [1.807, 2.05) is 0 Å². The number of rotatable bonds is 3. The Morgan fingerprint density at radius 3 is 2.67 bits per heavy atom. The summed E-state index contributed by atoms with van der Waals surface area (Å²) >= 11 is 0. The van der Waals surface area contributed by atoms with Crippen LogP contribution >= 0.6 is 0 Å². The molecular weight excluding hydrogens is 232 g/mol. The molecule has 0 radical (unpaired) electrons. The van der Waals surface area contributed by atoms with Crippen molar-refractivity contribution in [2.45, 2.75) is 18.9 Å². The molecule has 6 heteroatoms. The fraction of sp³-hybridized carbons (Fsp3) is 0.583. The van der Waals surface area contributed by atoms with Gasteiger partial charge in [0, 0.05) is 18.7 Å². The Morgan fingerprint density at radius 1 is 1.39 bits per heavy atom. The SMILES string of the molecule is O=[N+]([O-])c1ccc(NC2CN3CCC2CC3)cn1. The highest BCUT2D eigenvalue weighted by Crippen LogP contribution is 2.29. The van der Waals surface area contributed by atoms with Crippen LogP contribution in [0.3, 0.4) is 0 Å². The van der Waals surface area contributed by atoms with E-state index in [1.54, 1.807) is 12.3 Å². The minimum Gasteiger partial charge on any atom is -0.378 e. The van der Waals surface area contributed by atoms with Crippen LogP contribution in [0.15, 0.2) is 18.3 Å². The molecule has 1 aromatic rings. The van der Waals surface area contributed by atoms with Crippen LogP contribution < -0.4 is 5.32 Å². The van der Waals surface area contributed by atoms with E-state index in [0.29, 0.717) is 6.04 Å². The second kappa shape index (κ2) is 4.53. The van der Waals surface area contributed by atoms with E-state index in [-0.39, 0.29) is 5.82 Å². The lowest BCUT2D eigenvalue weighted by molar-refractivity contribution is -0.389. The maximum atomic E-state index is 10.5. The molecule has 96 valence electrons. The molecule has 0 amide bonds. The first kappa shape index (κ1) is 11.4. The minimum atomic E-state index is -0.474. The van der Waals surface area contributed by atoms with E-state index in [4.69, 9.17) is 0 Å². The lowest BCUT2D eigenvalue weighted by Gasteiger charge is -2.45. The summed E-state index contributed by atoms with van der Waals surface area (Å²) < 4.78 is 0. The Bertz CT molecular complexity index is 440. The number of nitro groups is 1. The molecule has 18 heavy (non-hydrogen) atoms. The fourth-order valence-electron chi connectivity index (χ4n) is 2.92. The monoisotopic (exact) mass is 248 g/mol. The Labute approximate surface area is 105 Å². The van der Waals surface area contributed by atoms with Crippen molar-refractivity contribution in [1.29, 1.82) is 0 Å². The number of piperidine rings is 3. The highest BCUT2D eigenvalue weighted by Gasteiger charge is 2.34. The van der Waals surface area contributed by atoms with Crippen LogP contribution in [-0.2, 0) is 0 Å². The number of pyridine rings is 1. The number of fused-ring (bicyclic) bond motifs is 3. The molecule has 1 aromatic heterocycles. The molecule has 0 aromatic carbocycles. The van der Waals surface area contributed by atoms with Gasteiger partial charge in [-0.25, -0.2) is 0 Å². The zero-order valence-electron chi connectivity index (χ0n) is 10.1. The van der Waals surface area contributed by atoms with E-state index in [0.717, 1.165) is 18.2 Å². The normalized spacial score (nSPS) is 30.1. The molecular formula is C12H16N4O2. The van der Waals surface area contributed by atoms with Gasteiger partial charge < -0.3 is 20.3 Å². The van der Waals surface area contributed by atoms with Gasteiger partial charge in [0.25, 0.3) is 0 Å². The number of nitrogens with zero attached hydrogens (tertiary/aromatic N) is 3. The average Bonchev–Trinajstić information content (AvgIpc) is 2.41. The van der Waals surface area contributed by atoms with Crippen molar-refractivity contribution >= 4 is 11.5 Å². The third kappa shape index (κ3) is 2.15. The smallest absolute Gasteiger partial charge is 0.363 e. The molecule has 4 heterocycles. The molecule has 4 rings (SSSR count). The average molecular weight is 248 g/mol. The number of nitrogens with one attached hydrogen (secondary N) is 1. The van der Waals surface area contributed by atoms with E-state index in [2.05, 4.69) is 15.2 Å². The standard InChI is InChI=1S/C12H16N4O2/c17-16(18)12-2-1-10(7-13-12)14-11-8-15-5-3-9(11)4-6-15/h1-2,7,9,11,14H,3-6,8H2. The molecule has 3 saturated heterocycles. The maximum absolute atomic E-state index is 10.5. The number of anilines is 1. The van der Waals surface area contributed by atoms with Crippen molar-refractivity contribution in [3.05, 3.63) is 28.4 Å². The second-order valence-electron chi connectivity index (χ2n) is 5.05. The molecule has 2 bridgehead atoms. The lowest BCUT2D eigenvalue weighted by atomic mass is 9.84. The predicted octanol–water partition coefficient (Wildman–Crippen LogP) is 1.50. The van der Waals surface area contributed by atoms with Gasteiger partial charge in [-0.2, -0.15) is 0 Å². The van der Waals surface area contributed by atoms with Crippen molar-refractivity contribution < 1.29 is 4.92 Å². The fourth-order valence-corrected chi connectivity index (χ4v) is 2.92. The largest absolute Gasteiger partial charge is 0.378 e. The predicted molar refractivity (Wildman–Crippen MR) is 67.5 cm³/mol. The lowest BCUT2D eigenvalue weighted by Crippen LogP contribution is -2.53. The van der Waals surface area contributed by atoms with Gasteiger partial charge in [-0.05, 0) is 47.8 Å². The number of hydrogen-bond acceptors (Lipinski definition) is 5. The highest BCUT2D eigenvalue weighted by atomic mass is 16.6. The molecule has 3 fully saturated rings. The van der Waals surface area contributed by atoms with E-state index < -0.39 is 4.92 Å². The Kier molecular flexibility index (Phi) is 2.87. The summed E-state index contributed by atoms with van der Waals surface area (Å²) in [4.78, 5) is 16.3. The minimum absolute atomic E-state index is 0.102. The summed E-state index contributed by atoms with van der Waals surface area (Å²) in [7, 11) is 0. The first-order chi connectivity index (χ1) is 8.72. The van der Waals surface area contributed by atoms with Crippen molar-refractivity contribution in [3.8, 4) is 0 Å². The van der Waals surface area contributed by atoms with Crippen molar-refractivity contribution in [2.24, 2.45) is 5.92 Å². The summed E-state index contributed by atoms with van der Waals surface area (Å²) in [6.07, 6.45) is 4.05. The van der Waals surface area contributed by atoms with Crippen molar-refractivity contribution in [3.63, 3.8) is 0 Å². The molecule has 0 aliphatic carbocycles. The van der Waals surface area contributed by atoms with Crippen LogP contribution in [-0.4, -0.2) is 40.5 Å². The van der Waals surface area contributed by atoms with Gasteiger partial charge in [0.2, 0.25) is 0 Å². The molecule has 3 aliphatic heterocycles. The first-order valence-electron chi connectivity index (χ1n) is 6.32. The summed E-state index contributed by atoms with van der Waals surface area (Å²) in [6.45, 7) is 3.49. The van der Waals surface area contributed by atoms with Crippen LogP contribution in [0.5, 0.6) is 0 Å². The van der Waals surface area contributed by atoms with Crippen LogP contribution in [0.1, 0.15) is 12.8 Å². The summed E-state index contributed by atoms with van der Waals surface area (Å²) in [6, 6.07) is 3.64. The Hall–Kier alpha value is -1.69. The molecule has 0 saturated carbocycles. The molecule has 1 atom stereocenters. The van der Waals surface area contributed by atoms with E-state index in [1.165, 1.54) is 32.0 Å². The number of aromatic nitrogens is 1. The molecule has 6 nitrogen and oxygen atoms in total. The molecule has 1 N–H and O–H groups in total. The Balaban J connectivity index is 1.67. The summed E-state index contributed by atoms with van der Waals surface area (Å²) in [5.74, 6) is 0.625. The van der Waals surface area contributed by atoms with E-state index in [9.17, 15) is 10.1 Å². The first-order valence-corrected chi connectivity index (χ1v) is 6.32. The van der Waals surface area contributed by atoms with E-state index >= 15 is 0 Å². The second-order valence-corrected chi connectivity index (χ2v) is 5.05. The summed E-state index contributed by atoms with van der Waals surface area (Å²) in [5.41, 5.74) is 0.874. The van der Waals surface area contributed by atoms with Crippen LogP contribution in [0.25, 0.3) is 0 Å². The van der Waals surface area contributed by atoms with Gasteiger partial charge in [-0.1, -0.05) is 0 Å². The van der Waals surface area contributed by atoms with Gasteiger partial charge in [0.1, 0.15) is 0 Å².